The number of halogens is 2. The number of amides is 2. The standard InChI is InChI=1S/C15H18ClFN2O2/c1-2-13(20)18-7-4-8-19(10-9-18)15(21)14-11(16)5-3-6-12(14)17/h3,5-6H,2,4,7-10H2,1H3. The zero-order valence-corrected chi connectivity index (χ0v) is 12.7. The Balaban J connectivity index is 2.12. The van der Waals surface area contributed by atoms with Crippen molar-refractivity contribution in [1.29, 1.82) is 0 Å². The summed E-state index contributed by atoms with van der Waals surface area (Å²) < 4.78 is 13.8. The molecule has 21 heavy (non-hydrogen) atoms. The SMILES string of the molecule is CCC(=O)N1CCCN(C(=O)c2c(F)cccc2Cl)CC1. The van der Waals surface area contributed by atoms with E-state index in [1.54, 1.807) is 9.80 Å². The van der Waals surface area contributed by atoms with Crippen LogP contribution in [-0.2, 0) is 4.79 Å². The smallest absolute Gasteiger partial charge is 0.258 e. The van der Waals surface area contributed by atoms with Crippen LogP contribution in [0.15, 0.2) is 18.2 Å². The molecule has 0 saturated carbocycles. The van der Waals surface area contributed by atoms with Crippen molar-refractivity contribution in [3.63, 3.8) is 0 Å². The van der Waals surface area contributed by atoms with Gasteiger partial charge in [0.15, 0.2) is 0 Å². The highest BCUT2D eigenvalue weighted by molar-refractivity contribution is 6.33. The number of hydrogen-bond donors (Lipinski definition) is 0. The van der Waals surface area contributed by atoms with Crippen LogP contribution < -0.4 is 0 Å². The maximum atomic E-state index is 13.8. The van der Waals surface area contributed by atoms with Crippen molar-refractivity contribution in [2.24, 2.45) is 0 Å². The molecular weight excluding hydrogens is 295 g/mol. The highest BCUT2D eigenvalue weighted by Crippen LogP contribution is 2.21. The normalized spacial score (nSPS) is 15.8. The summed E-state index contributed by atoms with van der Waals surface area (Å²) in [6, 6.07) is 4.20. The molecule has 4 nitrogen and oxygen atoms in total. The molecule has 0 aromatic heterocycles. The molecule has 1 aromatic carbocycles. The van der Waals surface area contributed by atoms with Crippen LogP contribution in [-0.4, -0.2) is 47.8 Å². The van der Waals surface area contributed by atoms with Crippen LogP contribution in [0.1, 0.15) is 30.1 Å². The predicted molar refractivity (Wildman–Crippen MR) is 78.8 cm³/mol. The largest absolute Gasteiger partial charge is 0.341 e. The van der Waals surface area contributed by atoms with E-state index in [0.717, 1.165) is 0 Å². The van der Waals surface area contributed by atoms with Crippen molar-refractivity contribution in [2.45, 2.75) is 19.8 Å². The number of benzene rings is 1. The fraction of sp³-hybridized carbons (Fsp3) is 0.467. The van der Waals surface area contributed by atoms with E-state index in [9.17, 15) is 14.0 Å². The molecule has 0 aliphatic carbocycles. The number of nitrogens with zero attached hydrogens (tertiary/aromatic N) is 2. The minimum Gasteiger partial charge on any atom is -0.341 e. The van der Waals surface area contributed by atoms with E-state index in [4.69, 9.17) is 11.6 Å². The Bertz CT molecular complexity index is 530. The summed E-state index contributed by atoms with van der Waals surface area (Å²) in [6.07, 6.45) is 1.14. The Labute approximate surface area is 128 Å². The molecule has 1 aliphatic heterocycles. The van der Waals surface area contributed by atoms with Crippen LogP contribution in [0.2, 0.25) is 5.02 Å². The molecule has 1 fully saturated rings. The van der Waals surface area contributed by atoms with Crippen molar-refractivity contribution in [3.8, 4) is 0 Å². The summed E-state index contributed by atoms with van der Waals surface area (Å²) in [5, 5.41) is 0.116. The van der Waals surface area contributed by atoms with E-state index in [-0.39, 0.29) is 16.5 Å². The minimum absolute atomic E-state index is 0.0771. The van der Waals surface area contributed by atoms with E-state index in [1.165, 1.54) is 18.2 Å². The van der Waals surface area contributed by atoms with Crippen LogP contribution in [0, 0.1) is 5.82 Å². The molecule has 114 valence electrons. The molecule has 6 heteroatoms. The Kier molecular flexibility index (Phi) is 5.17. The van der Waals surface area contributed by atoms with Gasteiger partial charge < -0.3 is 9.80 Å². The fourth-order valence-electron chi connectivity index (χ4n) is 2.45. The van der Waals surface area contributed by atoms with E-state index in [1.807, 2.05) is 6.92 Å². The lowest BCUT2D eigenvalue weighted by molar-refractivity contribution is -0.130. The van der Waals surface area contributed by atoms with Gasteiger partial charge >= 0.3 is 0 Å². The van der Waals surface area contributed by atoms with Crippen molar-refractivity contribution in [3.05, 3.63) is 34.6 Å². The van der Waals surface area contributed by atoms with Gasteiger partial charge in [-0.05, 0) is 18.6 Å². The molecule has 0 radical (unpaired) electrons. The molecule has 0 atom stereocenters. The van der Waals surface area contributed by atoms with Gasteiger partial charge in [-0.2, -0.15) is 0 Å². The zero-order chi connectivity index (χ0) is 15.4. The van der Waals surface area contributed by atoms with Gasteiger partial charge in [0, 0.05) is 32.6 Å². The van der Waals surface area contributed by atoms with Gasteiger partial charge in [-0.3, -0.25) is 9.59 Å². The molecule has 0 bridgehead atoms. The first-order valence-corrected chi connectivity index (χ1v) is 7.43. The molecule has 0 N–H and O–H groups in total. The van der Waals surface area contributed by atoms with Gasteiger partial charge in [0.25, 0.3) is 5.91 Å². The second-order valence-electron chi connectivity index (χ2n) is 4.98. The molecule has 1 saturated heterocycles. The Morgan fingerprint density at radius 2 is 1.86 bits per heavy atom. The Morgan fingerprint density at radius 3 is 2.52 bits per heavy atom. The summed E-state index contributed by atoms with van der Waals surface area (Å²) in [4.78, 5) is 27.5. The Hall–Kier alpha value is -1.62. The summed E-state index contributed by atoms with van der Waals surface area (Å²) in [7, 11) is 0. The van der Waals surface area contributed by atoms with E-state index >= 15 is 0 Å². The molecule has 1 aliphatic rings. The van der Waals surface area contributed by atoms with Crippen LogP contribution in [0.25, 0.3) is 0 Å². The van der Waals surface area contributed by atoms with E-state index in [0.29, 0.717) is 39.0 Å². The molecule has 2 rings (SSSR count). The molecule has 1 aromatic rings. The fourth-order valence-corrected chi connectivity index (χ4v) is 2.70. The van der Waals surface area contributed by atoms with E-state index < -0.39 is 11.7 Å². The maximum Gasteiger partial charge on any atom is 0.258 e. The Morgan fingerprint density at radius 1 is 1.19 bits per heavy atom. The van der Waals surface area contributed by atoms with Crippen molar-refractivity contribution >= 4 is 23.4 Å². The van der Waals surface area contributed by atoms with Gasteiger partial charge in [-0.1, -0.05) is 24.6 Å². The first kappa shape index (κ1) is 15.8. The zero-order valence-electron chi connectivity index (χ0n) is 11.9. The average molecular weight is 313 g/mol. The second-order valence-corrected chi connectivity index (χ2v) is 5.38. The minimum atomic E-state index is -0.613. The first-order chi connectivity index (χ1) is 10.0. The third-order valence-electron chi connectivity index (χ3n) is 3.61. The van der Waals surface area contributed by atoms with Gasteiger partial charge in [0.2, 0.25) is 5.91 Å². The van der Waals surface area contributed by atoms with Crippen molar-refractivity contribution in [2.75, 3.05) is 26.2 Å². The lowest BCUT2D eigenvalue weighted by Crippen LogP contribution is -2.37. The summed E-state index contributed by atoms with van der Waals surface area (Å²) in [5.41, 5.74) is -0.0885. The van der Waals surface area contributed by atoms with Crippen molar-refractivity contribution in [1.82, 2.24) is 9.80 Å². The number of carbonyl (C=O) groups is 2. The van der Waals surface area contributed by atoms with Crippen LogP contribution in [0.4, 0.5) is 4.39 Å². The molecule has 2 amide bonds. The number of hydrogen-bond acceptors (Lipinski definition) is 2. The molecular formula is C15H18ClFN2O2. The molecule has 0 spiro atoms. The highest BCUT2D eigenvalue weighted by atomic mass is 35.5. The third kappa shape index (κ3) is 3.53. The first-order valence-electron chi connectivity index (χ1n) is 7.05. The van der Waals surface area contributed by atoms with Crippen LogP contribution in [0.3, 0.4) is 0 Å². The maximum absolute atomic E-state index is 13.8. The number of carbonyl (C=O) groups excluding carboxylic acids is 2. The average Bonchev–Trinajstić information content (AvgIpc) is 2.72. The summed E-state index contributed by atoms with van der Waals surface area (Å²) in [6.45, 7) is 3.81. The monoisotopic (exact) mass is 312 g/mol. The lowest BCUT2D eigenvalue weighted by atomic mass is 10.1. The van der Waals surface area contributed by atoms with Gasteiger partial charge in [0.1, 0.15) is 5.82 Å². The van der Waals surface area contributed by atoms with Gasteiger partial charge in [-0.15, -0.1) is 0 Å². The molecule has 1 heterocycles. The lowest BCUT2D eigenvalue weighted by Gasteiger charge is -2.22. The predicted octanol–water partition coefficient (Wildman–Crippen LogP) is 2.56. The van der Waals surface area contributed by atoms with Crippen LogP contribution in [0.5, 0.6) is 0 Å². The quantitative estimate of drug-likeness (QED) is 0.842. The highest BCUT2D eigenvalue weighted by Gasteiger charge is 2.25. The van der Waals surface area contributed by atoms with E-state index in [2.05, 4.69) is 0 Å². The van der Waals surface area contributed by atoms with Gasteiger partial charge in [-0.25, -0.2) is 4.39 Å². The summed E-state index contributed by atoms with van der Waals surface area (Å²) in [5.74, 6) is -0.949. The molecule has 0 unspecified atom stereocenters. The second kappa shape index (κ2) is 6.89. The topological polar surface area (TPSA) is 40.6 Å². The third-order valence-corrected chi connectivity index (χ3v) is 3.93. The van der Waals surface area contributed by atoms with Crippen LogP contribution >= 0.6 is 11.6 Å². The summed E-state index contributed by atoms with van der Waals surface area (Å²) >= 11 is 5.93. The van der Waals surface area contributed by atoms with Crippen molar-refractivity contribution < 1.29 is 14.0 Å². The van der Waals surface area contributed by atoms with Gasteiger partial charge in [0.05, 0.1) is 10.6 Å². The number of rotatable bonds is 2.